The van der Waals surface area contributed by atoms with Crippen molar-refractivity contribution in [3.8, 4) is 0 Å². The number of carbonyl (C=O) groups is 2. The lowest BCUT2D eigenvalue weighted by atomic mass is 10.0. The highest BCUT2D eigenvalue weighted by Crippen LogP contribution is 2.14. The van der Waals surface area contributed by atoms with E-state index in [-0.39, 0.29) is 36.3 Å². The van der Waals surface area contributed by atoms with Crippen LogP contribution in [0, 0.1) is 0 Å². The van der Waals surface area contributed by atoms with Crippen molar-refractivity contribution < 1.29 is 9.59 Å². The Labute approximate surface area is 101 Å². The molecule has 2 saturated heterocycles. The van der Waals surface area contributed by atoms with E-state index in [2.05, 4.69) is 10.6 Å². The molecule has 0 aromatic carbocycles. The smallest absolute Gasteiger partial charge is 0.242 e. The van der Waals surface area contributed by atoms with Gasteiger partial charge in [-0.1, -0.05) is 6.92 Å². The molecule has 0 saturated carbocycles. The molecule has 2 rings (SSSR count). The largest absolute Gasteiger partial charge is 0.353 e. The van der Waals surface area contributed by atoms with Gasteiger partial charge in [0, 0.05) is 13.1 Å². The predicted molar refractivity (Wildman–Crippen MR) is 62.5 cm³/mol. The molecule has 5 nitrogen and oxygen atoms in total. The second kappa shape index (κ2) is 5.50. The van der Waals surface area contributed by atoms with Crippen molar-refractivity contribution in [1.82, 2.24) is 15.5 Å². The van der Waals surface area contributed by atoms with Crippen molar-refractivity contribution in [2.24, 2.45) is 0 Å². The second-order valence-electron chi connectivity index (χ2n) is 4.04. The average Bonchev–Trinajstić information content (AvgIpc) is 2.14. The topological polar surface area (TPSA) is 61.4 Å². The number of piperazine rings is 1. The van der Waals surface area contributed by atoms with Crippen molar-refractivity contribution in [2.45, 2.75) is 31.8 Å². The van der Waals surface area contributed by atoms with Gasteiger partial charge in [0.25, 0.3) is 0 Å². The standard InChI is InChI=1S/C10H17N3O2.ClH/c1-2-8-9(14)12-5-6-13(8)10(15)7-3-4-11-7;/h7-8,11H,2-6H2,1H3,(H,12,14);1H/t7-,8?;/m1./s1. The maximum atomic E-state index is 12.0. The number of nitrogens with zero attached hydrogens (tertiary/aromatic N) is 1. The first-order valence-electron chi connectivity index (χ1n) is 5.55. The maximum Gasteiger partial charge on any atom is 0.242 e. The van der Waals surface area contributed by atoms with Crippen molar-refractivity contribution >= 4 is 24.2 Å². The summed E-state index contributed by atoms with van der Waals surface area (Å²) in [5.41, 5.74) is 0. The van der Waals surface area contributed by atoms with E-state index in [9.17, 15) is 9.59 Å². The van der Waals surface area contributed by atoms with Crippen LogP contribution < -0.4 is 10.6 Å². The van der Waals surface area contributed by atoms with Gasteiger partial charge in [0.1, 0.15) is 6.04 Å². The van der Waals surface area contributed by atoms with Crippen LogP contribution in [0.2, 0.25) is 0 Å². The van der Waals surface area contributed by atoms with Crippen molar-refractivity contribution in [1.29, 1.82) is 0 Å². The highest BCUT2D eigenvalue weighted by Gasteiger charge is 2.36. The normalized spacial score (nSPS) is 28.8. The lowest BCUT2D eigenvalue weighted by molar-refractivity contribution is -0.146. The SMILES string of the molecule is CCC1C(=O)NCCN1C(=O)[C@H]1CCN1.Cl. The van der Waals surface area contributed by atoms with Gasteiger partial charge < -0.3 is 15.5 Å². The zero-order valence-corrected chi connectivity index (χ0v) is 10.2. The Balaban J connectivity index is 0.00000128. The number of amides is 2. The van der Waals surface area contributed by atoms with Crippen LogP contribution in [0.3, 0.4) is 0 Å². The van der Waals surface area contributed by atoms with Crippen molar-refractivity contribution in [3.05, 3.63) is 0 Å². The number of hydrogen-bond donors (Lipinski definition) is 2. The van der Waals surface area contributed by atoms with E-state index in [0.717, 1.165) is 13.0 Å². The first-order valence-corrected chi connectivity index (χ1v) is 5.55. The third-order valence-corrected chi connectivity index (χ3v) is 3.12. The maximum absolute atomic E-state index is 12.0. The molecule has 2 atom stereocenters. The number of carbonyl (C=O) groups excluding carboxylic acids is 2. The van der Waals surface area contributed by atoms with Crippen LogP contribution in [0.1, 0.15) is 19.8 Å². The van der Waals surface area contributed by atoms with Gasteiger partial charge >= 0.3 is 0 Å². The van der Waals surface area contributed by atoms with Crippen LogP contribution in [-0.4, -0.2) is 48.4 Å². The summed E-state index contributed by atoms with van der Waals surface area (Å²) >= 11 is 0. The van der Waals surface area contributed by atoms with Crippen LogP contribution in [0.5, 0.6) is 0 Å². The minimum absolute atomic E-state index is 0. The highest BCUT2D eigenvalue weighted by atomic mass is 35.5. The zero-order valence-electron chi connectivity index (χ0n) is 9.36. The molecule has 1 unspecified atom stereocenters. The molecule has 0 radical (unpaired) electrons. The van der Waals surface area contributed by atoms with Gasteiger partial charge in [-0.05, 0) is 19.4 Å². The minimum atomic E-state index is -0.270. The number of hydrogen-bond acceptors (Lipinski definition) is 3. The zero-order chi connectivity index (χ0) is 10.8. The third-order valence-electron chi connectivity index (χ3n) is 3.12. The Morgan fingerprint density at radius 2 is 2.19 bits per heavy atom. The highest BCUT2D eigenvalue weighted by molar-refractivity contribution is 5.91. The minimum Gasteiger partial charge on any atom is -0.353 e. The van der Waals surface area contributed by atoms with E-state index in [4.69, 9.17) is 0 Å². The fraction of sp³-hybridized carbons (Fsp3) is 0.800. The first-order chi connectivity index (χ1) is 7.24. The lowest BCUT2D eigenvalue weighted by Gasteiger charge is -2.39. The van der Waals surface area contributed by atoms with E-state index >= 15 is 0 Å². The Bertz CT molecular complexity index is 281. The molecule has 0 aromatic heterocycles. The Kier molecular flexibility index (Phi) is 4.56. The summed E-state index contributed by atoms with van der Waals surface area (Å²) in [4.78, 5) is 25.2. The number of halogens is 1. The Morgan fingerprint density at radius 3 is 2.69 bits per heavy atom. The molecule has 2 amide bonds. The summed E-state index contributed by atoms with van der Waals surface area (Å²) in [6.07, 6.45) is 1.58. The molecular weight excluding hydrogens is 230 g/mol. The quantitative estimate of drug-likeness (QED) is 0.692. The molecule has 0 spiro atoms. The fourth-order valence-corrected chi connectivity index (χ4v) is 2.08. The summed E-state index contributed by atoms with van der Waals surface area (Å²) < 4.78 is 0. The summed E-state index contributed by atoms with van der Waals surface area (Å²) in [7, 11) is 0. The number of rotatable bonds is 2. The lowest BCUT2D eigenvalue weighted by Crippen LogP contribution is -2.63. The van der Waals surface area contributed by atoms with Crippen molar-refractivity contribution in [3.63, 3.8) is 0 Å². The molecule has 2 fully saturated rings. The Morgan fingerprint density at radius 1 is 1.50 bits per heavy atom. The van der Waals surface area contributed by atoms with Crippen LogP contribution in [0.25, 0.3) is 0 Å². The van der Waals surface area contributed by atoms with E-state index in [1.54, 1.807) is 4.90 Å². The molecule has 2 aliphatic heterocycles. The van der Waals surface area contributed by atoms with Crippen LogP contribution in [0.15, 0.2) is 0 Å². The van der Waals surface area contributed by atoms with E-state index in [0.29, 0.717) is 19.5 Å². The van der Waals surface area contributed by atoms with E-state index in [1.807, 2.05) is 6.92 Å². The molecule has 0 aliphatic carbocycles. The van der Waals surface area contributed by atoms with Gasteiger partial charge in [-0.2, -0.15) is 0 Å². The van der Waals surface area contributed by atoms with Gasteiger partial charge in [-0.25, -0.2) is 0 Å². The van der Waals surface area contributed by atoms with Crippen LogP contribution in [-0.2, 0) is 9.59 Å². The average molecular weight is 248 g/mol. The summed E-state index contributed by atoms with van der Waals surface area (Å²) in [6.45, 7) is 4.06. The van der Waals surface area contributed by atoms with E-state index < -0.39 is 0 Å². The molecule has 0 bridgehead atoms. The van der Waals surface area contributed by atoms with Gasteiger partial charge in [0.15, 0.2) is 0 Å². The van der Waals surface area contributed by atoms with Crippen LogP contribution in [0.4, 0.5) is 0 Å². The molecular formula is C10H18ClN3O2. The van der Waals surface area contributed by atoms with Gasteiger partial charge in [-0.15, -0.1) is 12.4 Å². The van der Waals surface area contributed by atoms with Gasteiger partial charge in [0.2, 0.25) is 11.8 Å². The fourth-order valence-electron chi connectivity index (χ4n) is 2.08. The summed E-state index contributed by atoms with van der Waals surface area (Å²) in [6, 6.07) is -0.321. The molecule has 2 heterocycles. The third kappa shape index (κ3) is 2.30. The molecule has 92 valence electrons. The van der Waals surface area contributed by atoms with E-state index in [1.165, 1.54) is 0 Å². The summed E-state index contributed by atoms with van der Waals surface area (Å²) in [5, 5.41) is 5.87. The summed E-state index contributed by atoms with van der Waals surface area (Å²) in [5.74, 6) is 0.0689. The molecule has 16 heavy (non-hydrogen) atoms. The van der Waals surface area contributed by atoms with Gasteiger partial charge in [-0.3, -0.25) is 9.59 Å². The monoisotopic (exact) mass is 247 g/mol. The van der Waals surface area contributed by atoms with Crippen molar-refractivity contribution in [2.75, 3.05) is 19.6 Å². The molecule has 2 aliphatic rings. The predicted octanol–water partition coefficient (Wildman–Crippen LogP) is -0.493. The van der Waals surface area contributed by atoms with Crippen LogP contribution >= 0.6 is 12.4 Å². The molecule has 2 N–H and O–H groups in total. The molecule has 0 aromatic rings. The first kappa shape index (κ1) is 13.3. The van der Waals surface area contributed by atoms with Gasteiger partial charge in [0.05, 0.1) is 6.04 Å². The molecule has 6 heteroatoms. The number of nitrogens with one attached hydrogen (secondary N) is 2. The Hall–Kier alpha value is -0.810. The second-order valence-corrected chi connectivity index (χ2v) is 4.04.